The molecular weight excluding hydrogens is 359 g/mol. The molecule has 0 saturated heterocycles. The largest absolute Gasteiger partial charge is 0.494 e. The van der Waals surface area contributed by atoms with Gasteiger partial charge in [-0.3, -0.25) is 4.79 Å². The predicted molar refractivity (Wildman–Crippen MR) is 105 cm³/mol. The van der Waals surface area contributed by atoms with Crippen molar-refractivity contribution in [3.05, 3.63) is 52.5 Å². The fourth-order valence-corrected chi connectivity index (χ4v) is 2.62. The van der Waals surface area contributed by atoms with E-state index in [-0.39, 0.29) is 12.5 Å². The lowest BCUT2D eigenvalue weighted by atomic mass is 10.1. The number of amides is 1. The molecule has 0 atom stereocenters. The maximum atomic E-state index is 12.0. The van der Waals surface area contributed by atoms with Crippen LogP contribution in [0.3, 0.4) is 0 Å². The second kappa shape index (κ2) is 9.54. The third-order valence-corrected chi connectivity index (χ3v) is 3.85. The van der Waals surface area contributed by atoms with Gasteiger partial charge in [0.2, 0.25) is 5.91 Å². The normalized spacial score (nSPS) is 10.6. The minimum atomic E-state index is -0.162. The van der Waals surface area contributed by atoms with Gasteiger partial charge in [0.25, 0.3) is 0 Å². The van der Waals surface area contributed by atoms with Gasteiger partial charge in [-0.05, 0) is 54.8 Å². The van der Waals surface area contributed by atoms with Gasteiger partial charge < -0.3 is 15.4 Å². The van der Waals surface area contributed by atoms with Crippen molar-refractivity contribution < 1.29 is 9.53 Å². The quantitative estimate of drug-likeness (QED) is 0.638. The molecule has 4 nitrogen and oxygen atoms in total. The van der Waals surface area contributed by atoms with Crippen molar-refractivity contribution in [1.82, 2.24) is 0 Å². The summed E-state index contributed by atoms with van der Waals surface area (Å²) < 4.78 is 5.65. The molecule has 2 N–H and O–H groups in total. The first-order valence-corrected chi connectivity index (χ1v) is 8.90. The molecule has 2 aromatic carbocycles. The number of carbonyl (C=O) groups excluding carboxylic acids is 1. The van der Waals surface area contributed by atoms with E-state index in [9.17, 15) is 4.79 Å². The highest BCUT2D eigenvalue weighted by atomic mass is 35.5. The number of carbonyl (C=O) groups is 1. The molecule has 0 bridgehead atoms. The van der Waals surface area contributed by atoms with E-state index in [4.69, 9.17) is 27.9 Å². The smallest absolute Gasteiger partial charge is 0.243 e. The van der Waals surface area contributed by atoms with Crippen LogP contribution in [0.2, 0.25) is 10.0 Å². The van der Waals surface area contributed by atoms with E-state index in [0.29, 0.717) is 33.9 Å². The SMILES string of the molecule is CC(C)CCOc1ccc(NC(=O)CNc2cc(Cl)cc(Cl)c2)cc1. The van der Waals surface area contributed by atoms with Gasteiger partial charge in [0.05, 0.1) is 13.2 Å². The van der Waals surface area contributed by atoms with Crippen molar-refractivity contribution in [3.63, 3.8) is 0 Å². The van der Waals surface area contributed by atoms with E-state index in [1.165, 1.54) is 0 Å². The molecule has 134 valence electrons. The third kappa shape index (κ3) is 7.24. The molecule has 25 heavy (non-hydrogen) atoms. The summed E-state index contributed by atoms with van der Waals surface area (Å²) in [6.07, 6.45) is 1.01. The molecule has 0 aromatic heterocycles. The lowest BCUT2D eigenvalue weighted by molar-refractivity contribution is -0.114. The molecular formula is C19H22Cl2N2O2. The van der Waals surface area contributed by atoms with E-state index >= 15 is 0 Å². The summed E-state index contributed by atoms with van der Waals surface area (Å²) in [6, 6.07) is 12.4. The Hall–Kier alpha value is -1.91. The number of hydrogen-bond acceptors (Lipinski definition) is 3. The molecule has 6 heteroatoms. The van der Waals surface area contributed by atoms with Gasteiger partial charge in [-0.2, -0.15) is 0 Å². The molecule has 1 amide bonds. The second-order valence-corrected chi connectivity index (χ2v) is 6.99. The fourth-order valence-electron chi connectivity index (χ4n) is 2.09. The Morgan fingerprint density at radius 1 is 1.04 bits per heavy atom. The summed E-state index contributed by atoms with van der Waals surface area (Å²) in [5, 5.41) is 6.84. The first-order valence-electron chi connectivity index (χ1n) is 8.15. The monoisotopic (exact) mass is 380 g/mol. The molecule has 0 spiro atoms. The Bertz CT molecular complexity index is 683. The van der Waals surface area contributed by atoms with Crippen LogP contribution in [-0.2, 0) is 4.79 Å². The van der Waals surface area contributed by atoms with Crippen molar-refractivity contribution in [2.45, 2.75) is 20.3 Å². The van der Waals surface area contributed by atoms with Gasteiger partial charge in [0, 0.05) is 21.4 Å². The average Bonchev–Trinajstić information content (AvgIpc) is 2.53. The van der Waals surface area contributed by atoms with E-state index in [0.717, 1.165) is 12.2 Å². The van der Waals surface area contributed by atoms with E-state index in [1.54, 1.807) is 18.2 Å². The van der Waals surface area contributed by atoms with Crippen LogP contribution >= 0.6 is 23.2 Å². The Morgan fingerprint density at radius 3 is 2.28 bits per heavy atom. The second-order valence-electron chi connectivity index (χ2n) is 6.12. The molecule has 0 unspecified atom stereocenters. The molecule has 0 heterocycles. The summed E-state index contributed by atoms with van der Waals surface area (Å²) >= 11 is 11.9. The van der Waals surface area contributed by atoms with Crippen LogP contribution in [0.15, 0.2) is 42.5 Å². The van der Waals surface area contributed by atoms with E-state index < -0.39 is 0 Å². The van der Waals surface area contributed by atoms with Gasteiger partial charge in [-0.15, -0.1) is 0 Å². The lowest BCUT2D eigenvalue weighted by Crippen LogP contribution is -2.21. The Kier molecular flexibility index (Phi) is 7.41. The van der Waals surface area contributed by atoms with Crippen molar-refractivity contribution in [1.29, 1.82) is 0 Å². The molecule has 0 fully saturated rings. The molecule has 2 aromatic rings. The number of nitrogens with one attached hydrogen (secondary N) is 2. The van der Waals surface area contributed by atoms with Gasteiger partial charge in [-0.25, -0.2) is 0 Å². The van der Waals surface area contributed by atoms with Crippen LogP contribution in [0.4, 0.5) is 11.4 Å². The molecule has 0 aliphatic heterocycles. The zero-order chi connectivity index (χ0) is 18.2. The molecule has 0 saturated carbocycles. The van der Waals surface area contributed by atoms with Gasteiger partial charge in [0.1, 0.15) is 5.75 Å². The summed E-state index contributed by atoms with van der Waals surface area (Å²) in [4.78, 5) is 12.0. The number of ether oxygens (including phenoxy) is 1. The highest BCUT2D eigenvalue weighted by molar-refractivity contribution is 6.35. The summed E-state index contributed by atoms with van der Waals surface area (Å²) in [6.45, 7) is 5.12. The van der Waals surface area contributed by atoms with Crippen molar-refractivity contribution >= 4 is 40.5 Å². The topological polar surface area (TPSA) is 50.4 Å². The van der Waals surface area contributed by atoms with Crippen molar-refractivity contribution in [3.8, 4) is 5.75 Å². The number of hydrogen-bond donors (Lipinski definition) is 2. The zero-order valence-electron chi connectivity index (χ0n) is 14.3. The number of rotatable bonds is 8. The summed E-state index contributed by atoms with van der Waals surface area (Å²) in [7, 11) is 0. The van der Waals surface area contributed by atoms with Crippen molar-refractivity contribution in [2.24, 2.45) is 5.92 Å². The standard InChI is InChI=1S/C19H22Cl2N2O2/c1-13(2)7-8-25-18-5-3-16(4-6-18)23-19(24)12-22-17-10-14(20)9-15(21)11-17/h3-6,9-11,13,22H,7-8,12H2,1-2H3,(H,23,24). The van der Waals surface area contributed by atoms with Gasteiger partial charge >= 0.3 is 0 Å². The minimum Gasteiger partial charge on any atom is -0.494 e. The summed E-state index contributed by atoms with van der Waals surface area (Å²) in [5.41, 5.74) is 1.41. The molecule has 2 rings (SSSR count). The van der Waals surface area contributed by atoms with Crippen LogP contribution in [0.5, 0.6) is 5.75 Å². The third-order valence-electron chi connectivity index (χ3n) is 3.42. The molecule has 0 aliphatic carbocycles. The summed E-state index contributed by atoms with van der Waals surface area (Å²) in [5.74, 6) is 1.25. The number of halogens is 2. The average molecular weight is 381 g/mol. The number of anilines is 2. The van der Waals surface area contributed by atoms with Crippen LogP contribution in [0.25, 0.3) is 0 Å². The Morgan fingerprint density at radius 2 is 1.68 bits per heavy atom. The highest BCUT2D eigenvalue weighted by Crippen LogP contribution is 2.22. The first-order chi connectivity index (χ1) is 11.9. The van der Waals surface area contributed by atoms with Gasteiger partial charge in [-0.1, -0.05) is 37.0 Å². The Labute approximate surface area is 158 Å². The van der Waals surface area contributed by atoms with Crippen LogP contribution in [0.1, 0.15) is 20.3 Å². The van der Waals surface area contributed by atoms with Gasteiger partial charge in [0.15, 0.2) is 0 Å². The van der Waals surface area contributed by atoms with E-state index in [1.807, 2.05) is 24.3 Å². The number of benzene rings is 2. The zero-order valence-corrected chi connectivity index (χ0v) is 15.8. The predicted octanol–water partition coefficient (Wildman–Crippen LogP) is 5.47. The van der Waals surface area contributed by atoms with Crippen LogP contribution in [0, 0.1) is 5.92 Å². The highest BCUT2D eigenvalue weighted by Gasteiger charge is 2.04. The minimum absolute atomic E-state index is 0.114. The maximum absolute atomic E-state index is 12.0. The van der Waals surface area contributed by atoms with E-state index in [2.05, 4.69) is 24.5 Å². The van der Waals surface area contributed by atoms with Crippen LogP contribution in [-0.4, -0.2) is 19.1 Å². The lowest BCUT2D eigenvalue weighted by Gasteiger charge is -2.10. The first kappa shape index (κ1) is 19.4. The molecule has 0 radical (unpaired) electrons. The molecule has 0 aliphatic rings. The Balaban J connectivity index is 1.80. The fraction of sp³-hybridized carbons (Fsp3) is 0.316. The maximum Gasteiger partial charge on any atom is 0.243 e. The van der Waals surface area contributed by atoms with Crippen LogP contribution < -0.4 is 15.4 Å². The van der Waals surface area contributed by atoms with Crippen molar-refractivity contribution in [2.75, 3.05) is 23.8 Å².